The first-order valence-electron chi connectivity index (χ1n) is 10.1. The normalized spacial score (nSPS) is 25.7. The largest absolute Gasteiger partial charge is 0.391 e. The number of rotatable bonds is 5. The third kappa shape index (κ3) is 3.69. The lowest BCUT2D eigenvalue weighted by Crippen LogP contribution is -2.59. The number of aliphatic hydroxyl groups is 1. The number of hydrogen-bond donors (Lipinski definition) is 3. The zero-order valence-corrected chi connectivity index (χ0v) is 17.7. The third-order valence-electron chi connectivity index (χ3n) is 6.16. The number of hydrogen-bond acceptors (Lipinski definition) is 6. The monoisotopic (exact) mass is 448 g/mol. The minimum atomic E-state index is -0.352. The molecule has 6 rings (SSSR count). The molecule has 3 saturated heterocycles. The van der Waals surface area contributed by atoms with E-state index in [1.165, 1.54) is 0 Å². The molecule has 1 aromatic carbocycles. The molecule has 10 heteroatoms. The van der Waals surface area contributed by atoms with Crippen molar-refractivity contribution in [1.82, 2.24) is 24.6 Å². The van der Waals surface area contributed by atoms with E-state index in [0.29, 0.717) is 46.0 Å². The lowest BCUT2D eigenvalue weighted by Gasteiger charge is -2.48. The van der Waals surface area contributed by atoms with Crippen LogP contribution in [0.25, 0.3) is 11.0 Å². The molecule has 2 unspecified atom stereocenters. The van der Waals surface area contributed by atoms with Crippen LogP contribution in [0.4, 0.5) is 5.95 Å². The summed E-state index contributed by atoms with van der Waals surface area (Å²) in [4.78, 5) is 22.0. The van der Waals surface area contributed by atoms with E-state index in [-0.39, 0.29) is 17.7 Å². The molecule has 0 aliphatic carbocycles. The Morgan fingerprint density at radius 3 is 2.77 bits per heavy atom. The second-order valence-electron chi connectivity index (χ2n) is 8.03. The van der Waals surface area contributed by atoms with Gasteiger partial charge in [-0.1, -0.05) is 29.3 Å². The molecule has 2 atom stereocenters. The standard InChI is InChI=1S/C20H22Cl2N6O2/c21-13-2-1-11(7-14(13)22)8-23-20-24-15-9-28(26-17(15)19(30)25-20)10-16-18(29)12-3-5-27(16)6-4-12/h1-2,7,9,12,16,18,29H,3-6,8,10H2,(H2,23,24,25,30). The maximum Gasteiger partial charge on any atom is 0.280 e. The van der Waals surface area contributed by atoms with Crippen molar-refractivity contribution in [2.45, 2.75) is 38.1 Å². The quantitative estimate of drug-likeness (QED) is 0.554. The highest BCUT2D eigenvalue weighted by atomic mass is 35.5. The maximum absolute atomic E-state index is 12.5. The lowest BCUT2D eigenvalue weighted by molar-refractivity contribution is -0.0784. The molecule has 2 bridgehead atoms. The van der Waals surface area contributed by atoms with Crippen LogP contribution < -0.4 is 10.9 Å². The van der Waals surface area contributed by atoms with Gasteiger partial charge in [0.1, 0.15) is 5.52 Å². The average Bonchev–Trinajstić information content (AvgIpc) is 3.15. The molecule has 5 heterocycles. The van der Waals surface area contributed by atoms with Crippen LogP contribution in [0, 0.1) is 5.92 Å². The number of anilines is 1. The van der Waals surface area contributed by atoms with E-state index in [0.717, 1.165) is 31.5 Å². The summed E-state index contributed by atoms with van der Waals surface area (Å²) in [5.74, 6) is 0.724. The topological polar surface area (TPSA) is 99.1 Å². The summed E-state index contributed by atoms with van der Waals surface area (Å²) in [5, 5.41) is 19.1. The summed E-state index contributed by atoms with van der Waals surface area (Å²) in [7, 11) is 0. The zero-order chi connectivity index (χ0) is 20.8. The van der Waals surface area contributed by atoms with Crippen LogP contribution in [-0.2, 0) is 13.1 Å². The fourth-order valence-corrected chi connectivity index (χ4v) is 4.84. The molecule has 0 saturated carbocycles. The Labute approximate surface area is 182 Å². The van der Waals surface area contributed by atoms with Crippen LogP contribution >= 0.6 is 23.2 Å². The Morgan fingerprint density at radius 2 is 2.03 bits per heavy atom. The zero-order valence-electron chi connectivity index (χ0n) is 16.2. The maximum atomic E-state index is 12.5. The second-order valence-corrected chi connectivity index (χ2v) is 8.85. The molecule has 3 aromatic rings. The number of fused-ring (bicyclic) bond motifs is 4. The van der Waals surface area contributed by atoms with E-state index in [4.69, 9.17) is 23.2 Å². The van der Waals surface area contributed by atoms with Crippen LogP contribution in [-0.4, -0.2) is 55.0 Å². The van der Waals surface area contributed by atoms with Crippen LogP contribution in [0.1, 0.15) is 18.4 Å². The van der Waals surface area contributed by atoms with E-state index in [1.807, 2.05) is 6.07 Å². The van der Waals surface area contributed by atoms with E-state index < -0.39 is 0 Å². The van der Waals surface area contributed by atoms with Gasteiger partial charge in [0.15, 0.2) is 5.52 Å². The van der Waals surface area contributed by atoms with Gasteiger partial charge < -0.3 is 10.4 Å². The van der Waals surface area contributed by atoms with Crippen molar-refractivity contribution in [3.05, 3.63) is 50.4 Å². The molecule has 2 aromatic heterocycles. The van der Waals surface area contributed by atoms with Gasteiger partial charge in [-0.05, 0) is 49.5 Å². The van der Waals surface area contributed by atoms with E-state index >= 15 is 0 Å². The molecule has 30 heavy (non-hydrogen) atoms. The number of aromatic nitrogens is 4. The fraction of sp³-hybridized carbons (Fsp3) is 0.450. The molecule has 8 nitrogen and oxygen atoms in total. The van der Waals surface area contributed by atoms with Gasteiger partial charge in [0, 0.05) is 6.54 Å². The molecule has 0 spiro atoms. The van der Waals surface area contributed by atoms with Gasteiger partial charge in [0.05, 0.1) is 34.9 Å². The third-order valence-corrected chi connectivity index (χ3v) is 6.90. The van der Waals surface area contributed by atoms with Crippen molar-refractivity contribution in [2.75, 3.05) is 18.4 Å². The van der Waals surface area contributed by atoms with Crippen molar-refractivity contribution in [1.29, 1.82) is 0 Å². The van der Waals surface area contributed by atoms with E-state index in [9.17, 15) is 9.90 Å². The highest BCUT2D eigenvalue weighted by molar-refractivity contribution is 6.42. The number of aromatic amines is 1. The summed E-state index contributed by atoms with van der Waals surface area (Å²) >= 11 is 12.0. The minimum absolute atomic E-state index is 0.0261. The van der Waals surface area contributed by atoms with Gasteiger partial charge in [0.25, 0.3) is 5.56 Å². The van der Waals surface area contributed by atoms with Gasteiger partial charge in [-0.25, -0.2) is 4.98 Å². The van der Waals surface area contributed by atoms with Crippen molar-refractivity contribution >= 4 is 40.2 Å². The molecular weight excluding hydrogens is 427 g/mol. The van der Waals surface area contributed by atoms with Gasteiger partial charge >= 0.3 is 0 Å². The summed E-state index contributed by atoms with van der Waals surface area (Å²) in [5.41, 5.74) is 1.42. The Kier molecular flexibility index (Phi) is 5.18. The number of benzene rings is 1. The van der Waals surface area contributed by atoms with Crippen LogP contribution in [0.2, 0.25) is 10.0 Å². The Hall–Kier alpha value is -2.13. The van der Waals surface area contributed by atoms with Crippen molar-refractivity contribution < 1.29 is 5.11 Å². The first-order valence-corrected chi connectivity index (χ1v) is 10.8. The van der Waals surface area contributed by atoms with Gasteiger partial charge in [-0.15, -0.1) is 0 Å². The number of nitrogens with zero attached hydrogens (tertiary/aromatic N) is 4. The highest BCUT2D eigenvalue weighted by Crippen LogP contribution is 2.33. The number of aliphatic hydroxyl groups excluding tert-OH is 1. The predicted octanol–water partition coefficient (Wildman–Crippen LogP) is 2.49. The highest BCUT2D eigenvalue weighted by Gasteiger charge is 2.41. The van der Waals surface area contributed by atoms with Gasteiger partial charge in [-0.3, -0.25) is 19.4 Å². The number of H-pyrrole nitrogens is 1. The van der Waals surface area contributed by atoms with E-state index in [2.05, 4.69) is 25.3 Å². The molecule has 3 aliphatic rings. The molecule has 0 amide bonds. The average molecular weight is 449 g/mol. The SMILES string of the molecule is O=c1[nH]c(NCc2ccc(Cl)c(Cl)c2)nc2cn(CC3C(O)C4CCN3CC4)nc12. The predicted molar refractivity (Wildman–Crippen MR) is 116 cm³/mol. The van der Waals surface area contributed by atoms with Crippen LogP contribution in [0.3, 0.4) is 0 Å². The molecule has 0 radical (unpaired) electrons. The lowest BCUT2D eigenvalue weighted by atomic mass is 9.80. The Balaban J connectivity index is 1.34. The molecule has 3 fully saturated rings. The van der Waals surface area contributed by atoms with Crippen LogP contribution in [0.5, 0.6) is 0 Å². The molecule has 158 valence electrons. The number of piperidine rings is 3. The summed E-state index contributed by atoms with van der Waals surface area (Å²) in [6.45, 7) is 2.99. The van der Waals surface area contributed by atoms with Gasteiger partial charge in [0.2, 0.25) is 5.95 Å². The smallest absolute Gasteiger partial charge is 0.280 e. The molecule has 3 aliphatic heterocycles. The first-order chi connectivity index (χ1) is 14.5. The van der Waals surface area contributed by atoms with Crippen molar-refractivity contribution in [2.24, 2.45) is 5.92 Å². The van der Waals surface area contributed by atoms with Crippen molar-refractivity contribution in [3.8, 4) is 0 Å². The summed E-state index contributed by atoms with van der Waals surface area (Å²) in [6, 6.07) is 5.38. The summed E-state index contributed by atoms with van der Waals surface area (Å²) < 4.78 is 1.73. The van der Waals surface area contributed by atoms with E-state index in [1.54, 1.807) is 23.0 Å². The Bertz CT molecular complexity index is 1140. The summed E-state index contributed by atoms with van der Waals surface area (Å²) in [6.07, 6.45) is 3.52. The number of halogens is 2. The molecule has 3 N–H and O–H groups in total. The fourth-order valence-electron chi connectivity index (χ4n) is 4.52. The Morgan fingerprint density at radius 1 is 1.23 bits per heavy atom. The molecular formula is C20H22Cl2N6O2. The first kappa shape index (κ1) is 19.8. The second kappa shape index (κ2) is 7.85. The van der Waals surface area contributed by atoms with Crippen molar-refractivity contribution in [3.63, 3.8) is 0 Å². The minimum Gasteiger partial charge on any atom is -0.391 e. The van der Waals surface area contributed by atoms with Gasteiger partial charge in [-0.2, -0.15) is 5.10 Å². The van der Waals surface area contributed by atoms with Crippen LogP contribution in [0.15, 0.2) is 29.2 Å². The number of nitrogens with one attached hydrogen (secondary N) is 2.